The maximum atomic E-state index is 12.1. The van der Waals surface area contributed by atoms with Crippen molar-refractivity contribution in [3.8, 4) is 0 Å². The van der Waals surface area contributed by atoms with Gasteiger partial charge in [0, 0.05) is 13.6 Å². The topological polar surface area (TPSA) is 64.0 Å². The number of aryl methyl sites for hydroxylation is 1. The van der Waals surface area contributed by atoms with Gasteiger partial charge in [-0.1, -0.05) is 24.3 Å². The number of hydrogen-bond donors (Lipinski definition) is 1. The molecule has 0 fully saturated rings. The third-order valence-electron chi connectivity index (χ3n) is 2.71. The van der Waals surface area contributed by atoms with Crippen LogP contribution in [0.3, 0.4) is 0 Å². The van der Waals surface area contributed by atoms with Gasteiger partial charge >= 0.3 is 0 Å². The van der Waals surface area contributed by atoms with E-state index in [0.717, 1.165) is 5.56 Å². The second-order valence-corrected chi connectivity index (χ2v) is 5.65. The predicted molar refractivity (Wildman–Crippen MR) is 67.2 cm³/mol. The van der Waals surface area contributed by atoms with Crippen LogP contribution in [0.15, 0.2) is 35.5 Å². The fourth-order valence-corrected chi connectivity index (χ4v) is 2.71. The van der Waals surface area contributed by atoms with E-state index in [2.05, 4.69) is 15.8 Å². The van der Waals surface area contributed by atoms with Crippen molar-refractivity contribution in [2.75, 3.05) is 0 Å². The van der Waals surface area contributed by atoms with E-state index in [1.807, 2.05) is 12.1 Å². The van der Waals surface area contributed by atoms with Crippen molar-refractivity contribution in [2.45, 2.75) is 18.5 Å². The molecule has 0 saturated carbocycles. The summed E-state index contributed by atoms with van der Waals surface area (Å²) in [6.45, 7) is 2.01. The Hall–Kier alpha value is -1.66. The normalized spacial score (nSPS) is 11.7. The summed E-state index contributed by atoms with van der Waals surface area (Å²) in [6.07, 6.45) is 1.36. The summed E-state index contributed by atoms with van der Waals surface area (Å²) < 4.78 is 28.2. The molecule has 0 atom stereocenters. The molecule has 0 saturated heterocycles. The van der Waals surface area contributed by atoms with Crippen LogP contribution in [0.2, 0.25) is 0 Å². The van der Waals surface area contributed by atoms with Crippen LogP contribution in [0.25, 0.3) is 0 Å². The first-order valence-corrected chi connectivity index (χ1v) is 6.92. The van der Waals surface area contributed by atoms with Crippen LogP contribution in [0.5, 0.6) is 0 Å². The highest BCUT2D eigenvalue weighted by molar-refractivity contribution is 7.89. The molecule has 0 unspecified atom stereocenters. The van der Waals surface area contributed by atoms with Crippen molar-refractivity contribution in [3.05, 3.63) is 47.9 Å². The Kier molecular flexibility index (Phi) is 3.49. The average molecular weight is 264 g/mol. The fraction of sp³-hybridized carbons (Fsp3) is 0.250. The molecule has 2 rings (SSSR count). The minimum atomic E-state index is -3.53. The number of nitrogens with one attached hydrogen (secondary N) is 1. The van der Waals surface area contributed by atoms with Crippen LogP contribution in [-0.4, -0.2) is 18.0 Å². The Morgan fingerprint density at radius 1 is 1.39 bits per heavy atom. The van der Waals surface area contributed by atoms with Crippen LogP contribution in [0, 0.1) is 13.0 Å². The summed E-state index contributed by atoms with van der Waals surface area (Å²) in [5.74, 6) is 0.657. The molecular weight excluding hydrogens is 250 g/mol. The van der Waals surface area contributed by atoms with E-state index in [1.165, 1.54) is 6.20 Å². The highest BCUT2D eigenvalue weighted by Gasteiger charge is 2.18. The largest absolute Gasteiger partial charge is 0.321 e. The summed E-state index contributed by atoms with van der Waals surface area (Å²) in [7, 11) is -1.85. The average Bonchev–Trinajstić information content (AvgIpc) is 2.70. The summed E-state index contributed by atoms with van der Waals surface area (Å²) in [5, 5.41) is 0.169. The number of nitrogens with zero attached hydrogens (tertiary/aromatic N) is 2. The number of sulfonamides is 1. The summed E-state index contributed by atoms with van der Waals surface area (Å²) >= 11 is 0. The van der Waals surface area contributed by atoms with Gasteiger partial charge < -0.3 is 4.57 Å². The monoisotopic (exact) mass is 264 g/mol. The minimum absolute atomic E-state index is 0.169. The lowest BCUT2D eigenvalue weighted by atomic mass is 10.2. The Morgan fingerprint density at radius 3 is 2.61 bits per heavy atom. The van der Waals surface area contributed by atoms with E-state index in [4.69, 9.17) is 0 Å². The first kappa shape index (κ1) is 12.8. The Morgan fingerprint density at radius 2 is 2.06 bits per heavy atom. The van der Waals surface area contributed by atoms with Gasteiger partial charge in [-0.05, 0) is 18.6 Å². The molecular formula is C12H14N3O2S. The highest BCUT2D eigenvalue weighted by atomic mass is 32.2. The van der Waals surface area contributed by atoms with Crippen molar-refractivity contribution in [1.29, 1.82) is 0 Å². The molecule has 0 spiro atoms. The smallest absolute Gasteiger partial charge is 0.258 e. The molecule has 95 valence electrons. The van der Waals surface area contributed by atoms with Gasteiger partial charge in [0.25, 0.3) is 10.0 Å². The third kappa shape index (κ3) is 2.60. The Labute approximate surface area is 107 Å². The third-order valence-corrected chi connectivity index (χ3v) is 4.16. The fourth-order valence-electron chi connectivity index (χ4n) is 1.52. The van der Waals surface area contributed by atoms with E-state index in [1.54, 1.807) is 30.7 Å². The molecule has 1 N–H and O–H groups in total. The number of rotatable bonds is 4. The molecule has 0 bridgehead atoms. The lowest BCUT2D eigenvalue weighted by Gasteiger charge is -2.07. The van der Waals surface area contributed by atoms with Crippen molar-refractivity contribution in [1.82, 2.24) is 14.3 Å². The molecule has 1 aromatic carbocycles. The molecule has 0 aliphatic carbocycles. The molecule has 2 aromatic rings. The van der Waals surface area contributed by atoms with Crippen molar-refractivity contribution >= 4 is 10.0 Å². The molecule has 1 aromatic heterocycles. The summed E-state index contributed by atoms with van der Waals surface area (Å²) in [4.78, 5) is 3.98. The number of imidazole rings is 1. The Balaban J connectivity index is 2.16. The second kappa shape index (κ2) is 4.91. The summed E-state index contributed by atoms with van der Waals surface area (Å²) in [6, 6.07) is 10.0. The van der Waals surface area contributed by atoms with Crippen LogP contribution in [-0.2, 0) is 23.6 Å². The van der Waals surface area contributed by atoms with E-state index >= 15 is 0 Å². The predicted octanol–water partition coefficient (Wildman–Crippen LogP) is 1.01. The van der Waals surface area contributed by atoms with Gasteiger partial charge in [0.05, 0.1) is 6.20 Å². The lowest BCUT2D eigenvalue weighted by molar-refractivity contribution is 0.570. The first-order valence-electron chi connectivity index (χ1n) is 5.43. The number of benzene rings is 1. The van der Waals surface area contributed by atoms with Gasteiger partial charge in [-0.2, -0.15) is 0 Å². The molecule has 0 aliphatic rings. The van der Waals surface area contributed by atoms with E-state index < -0.39 is 10.0 Å². The van der Waals surface area contributed by atoms with E-state index in [-0.39, 0.29) is 11.6 Å². The maximum Gasteiger partial charge on any atom is 0.258 e. The molecule has 6 heteroatoms. The molecule has 18 heavy (non-hydrogen) atoms. The van der Waals surface area contributed by atoms with Crippen molar-refractivity contribution in [2.24, 2.45) is 7.05 Å². The van der Waals surface area contributed by atoms with Crippen molar-refractivity contribution < 1.29 is 8.42 Å². The highest BCUT2D eigenvalue weighted by Crippen LogP contribution is 2.10. The standard InChI is InChI=1S/C12H14N3O2S/c1-10-13-9-12(15(10)2)18(16,17)14-8-11-6-4-3-5-7-11/h4-7,9,14H,8H2,1-2H3. The van der Waals surface area contributed by atoms with Gasteiger partial charge in [0.2, 0.25) is 0 Å². The van der Waals surface area contributed by atoms with Gasteiger partial charge in [-0.25, -0.2) is 18.1 Å². The SMILES string of the molecule is Cc1ncc(S(=O)(=O)NCc2cc[c]cc2)n1C. The molecule has 1 radical (unpaired) electrons. The van der Waals surface area contributed by atoms with E-state index in [9.17, 15) is 8.42 Å². The molecule has 0 amide bonds. The first-order chi connectivity index (χ1) is 8.50. The van der Waals surface area contributed by atoms with Crippen LogP contribution in [0.4, 0.5) is 0 Å². The van der Waals surface area contributed by atoms with Crippen LogP contribution < -0.4 is 4.72 Å². The zero-order chi connectivity index (χ0) is 13.2. The number of hydrogen-bond acceptors (Lipinski definition) is 3. The summed E-state index contributed by atoms with van der Waals surface area (Å²) in [5.41, 5.74) is 0.885. The van der Waals surface area contributed by atoms with Gasteiger partial charge in [0.15, 0.2) is 5.03 Å². The second-order valence-electron chi connectivity index (χ2n) is 3.94. The van der Waals surface area contributed by atoms with Crippen molar-refractivity contribution in [3.63, 3.8) is 0 Å². The van der Waals surface area contributed by atoms with Crippen LogP contribution >= 0.6 is 0 Å². The minimum Gasteiger partial charge on any atom is -0.321 e. The Bertz CT molecular complexity index is 633. The zero-order valence-corrected chi connectivity index (χ0v) is 11.0. The number of aromatic nitrogens is 2. The lowest BCUT2D eigenvalue weighted by Crippen LogP contribution is -2.25. The maximum absolute atomic E-state index is 12.1. The molecule has 0 aliphatic heterocycles. The quantitative estimate of drug-likeness (QED) is 0.896. The van der Waals surface area contributed by atoms with Gasteiger partial charge in [0.1, 0.15) is 5.82 Å². The van der Waals surface area contributed by atoms with E-state index in [0.29, 0.717) is 5.82 Å². The molecule has 5 nitrogen and oxygen atoms in total. The van der Waals surface area contributed by atoms with Gasteiger partial charge in [-0.15, -0.1) is 0 Å². The van der Waals surface area contributed by atoms with Gasteiger partial charge in [-0.3, -0.25) is 0 Å². The zero-order valence-electron chi connectivity index (χ0n) is 10.2. The molecule has 1 heterocycles. The van der Waals surface area contributed by atoms with Crippen LogP contribution in [0.1, 0.15) is 11.4 Å².